The number of ether oxygens (including phenoxy) is 1. The fourth-order valence-electron chi connectivity index (χ4n) is 3.55. The molecule has 4 heteroatoms. The smallest absolute Gasteiger partial charge is 0.122 e. The largest absolute Gasteiger partial charge is 0.491 e. The lowest BCUT2D eigenvalue weighted by Crippen LogP contribution is -2.25. The van der Waals surface area contributed by atoms with Crippen LogP contribution in [0, 0.1) is 13.8 Å². The summed E-state index contributed by atoms with van der Waals surface area (Å²) in [6.07, 6.45) is 0.0853. The highest BCUT2D eigenvalue weighted by Gasteiger charge is 2.15. The number of rotatable bonds is 7. The lowest BCUT2D eigenvalue weighted by atomic mass is 10.1. The Labute approximate surface area is 171 Å². The number of hydrogen-bond donors (Lipinski definition) is 1. The van der Waals surface area contributed by atoms with Crippen molar-refractivity contribution >= 4 is 11.0 Å². The van der Waals surface area contributed by atoms with Crippen molar-refractivity contribution in [1.29, 1.82) is 0 Å². The Balaban J connectivity index is 1.54. The number of aryl methyl sites for hydroxylation is 2. The van der Waals surface area contributed by atoms with Gasteiger partial charge in [0.1, 0.15) is 24.3 Å². The number of hydrogen-bond acceptors (Lipinski definition) is 3. The zero-order valence-corrected chi connectivity index (χ0v) is 16.9. The highest BCUT2D eigenvalue weighted by Crippen LogP contribution is 2.21. The number of benzene rings is 3. The Kier molecular flexibility index (Phi) is 5.63. The van der Waals surface area contributed by atoms with Crippen LogP contribution in [0.5, 0.6) is 5.75 Å². The van der Waals surface area contributed by atoms with Crippen LogP contribution < -0.4 is 4.74 Å². The molecule has 1 atom stereocenters. The zero-order chi connectivity index (χ0) is 20.2. The van der Waals surface area contributed by atoms with Gasteiger partial charge in [-0.3, -0.25) is 0 Å². The molecule has 0 aliphatic rings. The average Bonchev–Trinajstić information content (AvgIpc) is 3.06. The molecular formula is C25H26N2O2. The molecule has 0 fully saturated rings. The molecule has 0 radical (unpaired) electrons. The molecule has 0 aliphatic heterocycles. The first-order valence-electron chi connectivity index (χ1n) is 9.96. The summed E-state index contributed by atoms with van der Waals surface area (Å²) < 4.78 is 8.03. The van der Waals surface area contributed by atoms with Crippen LogP contribution in [0.2, 0.25) is 0 Å². The normalized spacial score (nSPS) is 12.2. The molecule has 4 rings (SSSR count). The minimum Gasteiger partial charge on any atom is -0.491 e. The maximum absolute atomic E-state index is 10.7. The van der Waals surface area contributed by atoms with Crippen LogP contribution in [0.25, 0.3) is 11.0 Å². The van der Waals surface area contributed by atoms with Crippen LogP contribution in [0.3, 0.4) is 0 Å². The van der Waals surface area contributed by atoms with Gasteiger partial charge in [-0.05, 0) is 48.7 Å². The lowest BCUT2D eigenvalue weighted by Gasteiger charge is -2.17. The van der Waals surface area contributed by atoms with Crippen molar-refractivity contribution in [2.75, 3.05) is 6.61 Å². The maximum atomic E-state index is 10.7. The van der Waals surface area contributed by atoms with Gasteiger partial charge < -0.3 is 14.4 Å². The van der Waals surface area contributed by atoms with Crippen molar-refractivity contribution in [3.63, 3.8) is 0 Å². The summed E-state index contributed by atoms with van der Waals surface area (Å²) in [6, 6.07) is 24.5. The minimum atomic E-state index is -0.637. The highest BCUT2D eigenvalue weighted by molar-refractivity contribution is 5.76. The van der Waals surface area contributed by atoms with Gasteiger partial charge in [-0.15, -0.1) is 0 Å². The molecule has 1 heterocycles. The minimum absolute atomic E-state index is 0.238. The summed E-state index contributed by atoms with van der Waals surface area (Å²) in [7, 11) is 0. The van der Waals surface area contributed by atoms with Crippen molar-refractivity contribution in [2.24, 2.45) is 0 Å². The first kappa shape index (κ1) is 19.2. The van der Waals surface area contributed by atoms with E-state index in [-0.39, 0.29) is 6.61 Å². The lowest BCUT2D eigenvalue weighted by molar-refractivity contribution is 0.0924. The summed E-state index contributed by atoms with van der Waals surface area (Å²) in [6.45, 7) is 4.73. The van der Waals surface area contributed by atoms with Gasteiger partial charge in [-0.2, -0.15) is 0 Å². The summed E-state index contributed by atoms with van der Waals surface area (Å²) in [5.74, 6) is 1.77. The van der Waals surface area contributed by atoms with Crippen molar-refractivity contribution in [3.05, 3.63) is 95.3 Å². The van der Waals surface area contributed by atoms with Crippen LogP contribution in [0.4, 0.5) is 0 Å². The predicted molar refractivity (Wildman–Crippen MR) is 116 cm³/mol. The van der Waals surface area contributed by atoms with E-state index in [0.717, 1.165) is 40.2 Å². The Hall–Kier alpha value is -3.11. The summed E-state index contributed by atoms with van der Waals surface area (Å²) in [4.78, 5) is 4.82. The van der Waals surface area contributed by atoms with E-state index < -0.39 is 6.10 Å². The van der Waals surface area contributed by atoms with Gasteiger partial charge in [0.15, 0.2) is 0 Å². The van der Waals surface area contributed by atoms with E-state index in [1.54, 1.807) is 0 Å². The summed E-state index contributed by atoms with van der Waals surface area (Å²) in [5, 5.41) is 10.7. The van der Waals surface area contributed by atoms with Crippen LogP contribution >= 0.6 is 0 Å². The molecule has 29 heavy (non-hydrogen) atoms. The van der Waals surface area contributed by atoms with E-state index in [1.165, 1.54) is 5.56 Å². The first-order valence-corrected chi connectivity index (χ1v) is 9.96. The maximum Gasteiger partial charge on any atom is 0.122 e. The number of aliphatic hydroxyl groups is 1. The standard InChI is InChI=1S/C25H26N2O2/c1-18-12-13-19(2)24(14-18)29-17-21(28)16-27-23-11-7-6-10-22(23)26-25(27)15-20-8-4-3-5-9-20/h3-14,21,28H,15-17H2,1-2H3/t21-/m0/s1. The second-order valence-electron chi connectivity index (χ2n) is 7.52. The van der Waals surface area contributed by atoms with Crippen molar-refractivity contribution in [2.45, 2.75) is 32.9 Å². The average molecular weight is 386 g/mol. The Bertz CT molecular complexity index is 1100. The second kappa shape index (κ2) is 8.50. The molecule has 1 aromatic heterocycles. The zero-order valence-electron chi connectivity index (χ0n) is 16.9. The molecular weight excluding hydrogens is 360 g/mol. The Morgan fingerprint density at radius 1 is 0.966 bits per heavy atom. The van der Waals surface area contributed by atoms with Crippen LogP contribution in [0.1, 0.15) is 22.5 Å². The van der Waals surface area contributed by atoms with Gasteiger partial charge in [0.05, 0.1) is 17.6 Å². The Morgan fingerprint density at radius 2 is 1.72 bits per heavy atom. The van der Waals surface area contributed by atoms with E-state index in [2.05, 4.69) is 28.8 Å². The molecule has 0 unspecified atom stereocenters. The van der Waals surface area contributed by atoms with Crippen molar-refractivity contribution in [1.82, 2.24) is 9.55 Å². The molecule has 4 nitrogen and oxygen atoms in total. The third-order valence-electron chi connectivity index (χ3n) is 5.11. The van der Waals surface area contributed by atoms with E-state index in [4.69, 9.17) is 9.72 Å². The van der Waals surface area contributed by atoms with Gasteiger partial charge in [-0.1, -0.05) is 54.6 Å². The van der Waals surface area contributed by atoms with E-state index in [1.807, 2.05) is 62.4 Å². The molecule has 3 aromatic carbocycles. The van der Waals surface area contributed by atoms with E-state index in [0.29, 0.717) is 6.54 Å². The molecule has 0 saturated heterocycles. The molecule has 0 aliphatic carbocycles. The number of fused-ring (bicyclic) bond motifs is 1. The number of nitrogens with zero attached hydrogens (tertiary/aromatic N) is 2. The topological polar surface area (TPSA) is 47.3 Å². The number of aromatic nitrogens is 2. The number of aliphatic hydroxyl groups excluding tert-OH is 1. The molecule has 1 N–H and O–H groups in total. The van der Waals surface area contributed by atoms with Gasteiger partial charge >= 0.3 is 0 Å². The fourth-order valence-corrected chi connectivity index (χ4v) is 3.55. The fraction of sp³-hybridized carbons (Fsp3) is 0.240. The van der Waals surface area contributed by atoms with E-state index >= 15 is 0 Å². The SMILES string of the molecule is Cc1ccc(C)c(OC[C@@H](O)Cn2c(Cc3ccccc3)nc3ccccc32)c1. The molecule has 148 valence electrons. The summed E-state index contributed by atoms with van der Waals surface area (Å²) >= 11 is 0. The predicted octanol–water partition coefficient (Wildman–Crippen LogP) is 4.68. The van der Waals surface area contributed by atoms with Crippen LogP contribution in [-0.4, -0.2) is 27.4 Å². The van der Waals surface area contributed by atoms with Crippen LogP contribution in [0.15, 0.2) is 72.8 Å². The quantitative estimate of drug-likeness (QED) is 0.501. The summed E-state index contributed by atoms with van der Waals surface area (Å²) in [5.41, 5.74) is 5.39. The Morgan fingerprint density at radius 3 is 2.55 bits per heavy atom. The van der Waals surface area contributed by atoms with Gasteiger partial charge in [0.2, 0.25) is 0 Å². The van der Waals surface area contributed by atoms with Crippen LogP contribution in [-0.2, 0) is 13.0 Å². The van der Waals surface area contributed by atoms with E-state index in [9.17, 15) is 5.11 Å². The third-order valence-corrected chi connectivity index (χ3v) is 5.11. The molecule has 0 spiro atoms. The van der Waals surface area contributed by atoms with Gasteiger partial charge in [0, 0.05) is 6.42 Å². The molecule has 0 bridgehead atoms. The molecule has 0 amide bonds. The van der Waals surface area contributed by atoms with Gasteiger partial charge in [-0.25, -0.2) is 4.98 Å². The first-order chi connectivity index (χ1) is 14.1. The second-order valence-corrected chi connectivity index (χ2v) is 7.52. The highest BCUT2D eigenvalue weighted by atomic mass is 16.5. The van der Waals surface area contributed by atoms with Gasteiger partial charge in [0.25, 0.3) is 0 Å². The monoisotopic (exact) mass is 386 g/mol. The molecule has 4 aromatic rings. The number of imidazole rings is 1. The van der Waals surface area contributed by atoms with Crippen molar-refractivity contribution < 1.29 is 9.84 Å². The number of para-hydroxylation sites is 2. The van der Waals surface area contributed by atoms with Crippen molar-refractivity contribution in [3.8, 4) is 5.75 Å². The third kappa shape index (κ3) is 4.49. The molecule has 0 saturated carbocycles.